The van der Waals surface area contributed by atoms with E-state index in [9.17, 15) is 9.59 Å². The van der Waals surface area contributed by atoms with Crippen LogP contribution in [0.4, 0.5) is 11.8 Å². The summed E-state index contributed by atoms with van der Waals surface area (Å²) in [5.74, 6) is -0.0501. The Morgan fingerprint density at radius 2 is 1.77 bits per heavy atom. The van der Waals surface area contributed by atoms with E-state index in [0.29, 0.717) is 22.8 Å². The van der Waals surface area contributed by atoms with Gasteiger partial charge in [-0.25, -0.2) is 4.98 Å². The summed E-state index contributed by atoms with van der Waals surface area (Å²) in [5.41, 5.74) is 1.60. The molecule has 22 heavy (non-hydrogen) atoms. The van der Waals surface area contributed by atoms with Gasteiger partial charge in [-0.2, -0.15) is 4.98 Å². The molecule has 0 aliphatic heterocycles. The highest BCUT2D eigenvalue weighted by atomic mass is 35.5. The first-order valence-electron chi connectivity index (χ1n) is 6.60. The average Bonchev–Trinajstić information content (AvgIpc) is 2.42. The summed E-state index contributed by atoms with van der Waals surface area (Å²) in [6.07, 6.45) is 2.03. The summed E-state index contributed by atoms with van der Waals surface area (Å²) in [4.78, 5) is 30.6. The number of aromatic nitrogens is 2. The Morgan fingerprint density at radius 3 is 2.41 bits per heavy atom. The molecule has 7 heteroatoms. The molecule has 0 bridgehead atoms. The maximum absolute atomic E-state index is 11.3. The molecule has 0 aliphatic carbocycles. The molecule has 0 spiro atoms. The molecule has 0 saturated carbocycles. The largest absolute Gasteiger partial charge is 0.311 e. The number of amides is 2. The van der Waals surface area contributed by atoms with E-state index in [2.05, 4.69) is 20.6 Å². The van der Waals surface area contributed by atoms with Crippen molar-refractivity contribution in [2.75, 3.05) is 10.6 Å². The second kappa shape index (κ2) is 7.00. The Hall–Kier alpha value is -2.47. The molecule has 2 amide bonds. The molecule has 2 rings (SSSR count). The number of rotatable bonds is 4. The van der Waals surface area contributed by atoms with Crippen molar-refractivity contribution in [3.63, 3.8) is 0 Å². The number of hydrogen-bond acceptors (Lipinski definition) is 4. The quantitative estimate of drug-likeness (QED) is 0.907. The highest BCUT2D eigenvalue weighted by molar-refractivity contribution is 6.31. The first-order valence-corrected chi connectivity index (χ1v) is 6.98. The number of nitrogens with one attached hydrogen (secondary N) is 2. The van der Waals surface area contributed by atoms with Crippen LogP contribution in [0.2, 0.25) is 5.02 Å². The van der Waals surface area contributed by atoms with Gasteiger partial charge in [-0.3, -0.25) is 14.9 Å². The lowest BCUT2D eigenvalue weighted by Gasteiger charge is -2.11. The molecule has 0 fully saturated rings. The Balaban J connectivity index is 2.35. The number of halogens is 1. The standard InChI is InChI=1S/C15H15ClN4O2/c1-9(21)18-14-12(7-11-5-3-4-6-13(11)16)8-17-15(20-14)19-10(2)22/h3-6,8H,7H2,1-2H3,(H2,17,18,19,20,21,22). The van der Waals surface area contributed by atoms with E-state index in [0.717, 1.165) is 5.56 Å². The van der Waals surface area contributed by atoms with Crippen molar-refractivity contribution < 1.29 is 9.59 Å². The second-order valence-electron chi connectivity index (χ2n) is 4.70. The minimum atomic E-state index is -0.285. The third-order valence-electron chi connectivity index (χ3n) is 2.79. The van der Waals surface area contributed by atoms with Crippen LogP contribution >= 0.6 is 11.6 Å². The third kappa shape index (κ3) is 4.26. The average molecular weight is 319 g/mol. The van der Waals surface area contributed by atoms with Crippen molar-refractivity contribution in [3.8, 4) is 0 Å². The molecular weight excluding hydrogens is 304 g/mol. The monoisotopic (exact) mass is 318 g/mol. The SMILES string of the molecule is CC(=O)Nc1ncc(Cc2ccccc2Cl)c(NC(C)=O)n1. The predicted molar refractivity (Wildman–Crippen MR) is 84.9 cm³/mol. The van der Waals surface area contributed by atoms with Gasteiger partial charge in [0, 0.05) is 37.1 Å². The van der Waals surface area contributed by atoms with Crippen molar-refractivity contribution in [3.05, 3.63) is 46.6 Å². The minimum absolute atomic E-state index is 0.138. The first kappa shape index (κ1) is 15.9. The molecule has 0 aliphatic rings. The summed E-state index contributed by atoms with van der Waals surface area (Å²) >= 11 is 6.15. The van der Waals surface area contributed by atoms with Gasteiger partial charge in [0.15, 0.2) is 0 Å². The van der Waals surface area contributed by atoms with Crippen molar-refractivity contribution in [2.24, 2.45) is 0 Å². The summed E-state index contributed by atoms with van der Waals surface area (Å²) in [6.45, 7) is 2.75. The molecule has 1 aromatic carbocycles. The highest BCUT2D eigenvalue weighted by Gasteiger charge is 2.11. The topological polar surface area (TPSA) is 84.0 Å². The van der Waals surface area contributed by atoms with Crippen LogP contribution in [0.3, 0.4) is 0 Å². The number of carbonyl (C=O) groups is 2. The zero-order valence-corrected chi connectivity index (χ0v) is 12.9. The highest BCUT2D eigenvalue weighted by Crippen LogP contribution is 2.23. The van der Waals surface area contributed by atoms with Crippen LogP contribution in [0.15, 0.2) is 30.5 Å². The van der Waals surface area contributed by atoms with Gasteiger partial charge in [-0.15, -0.1) is 0 Å². The maximum atomic E-state index is 11.3. The lowest BCUT2D eigenvalue weighted by Crippen LogP contribution is -2.15. The van der Waals surface area contributed by atoms with Crippen molar-refractivity contribution >= 4 is 35.2 Å². The number of nitrogens with zero attached hydrogens (tertiary/aromatic N) is 2. The predicted octanol–water partition coefficient (Wildman–Crippen LogP) is 2.64. The van der Waals surface area contributed by atoms with Crippen LogP contribution in [0.5, 0.6) is 0 Å². The number of carbonyl (C=O) groups excluding carboxylic acids is 2. The van der Waals surface area contributed by atoms with Gasteiger partial charge >= 0.3 is 0 Å². The molecule has 0 atom stereocenters. The summed E-state index contributed by atoms with van der Waals surface area (Å²) in [5, 5.41) is 5.75. The number of hydrogen-bond donors (Lipinski definition) is 2. The van der Waals surface area contributed by atoms with Crippen LogP contribution in [0.25, 0.3) is 0 Å². The molecule has 2 aromatic rings. The molecule has 114 valence electrons. The Labute approximate surface area is 132 Å². The number of anilines is 2. The van der Waals surface area contributed by atoms with Crippen LogP contribution in [-0.4, -0.2) is 21.8 Å². The van der Waals surface area contributed by atoms with E-state index in [1.165, 1.54) is 13.8 Å². The lowest BCUT2D eigenvalue weighted by molar-refractivity contribution is -0.115. The van der Waals surface area contributed by atoms with Crippen molar-refractivity contribution in [1.82, 2.24) is 9.97 Å². The van der Waals surface area contributed by atoms with Gasteiger partial charge in [-0.1, -0.05) is 29.8 Å². The molecular formula is C15H15ClN4O2. The Kier molecular flexibility index (Phi) is 5.06. The molecule has 0 radical (unpaired) electrons. The van der Waals surface area contributed by atoms with E-state index in [-0.39, 0.29) is 17.8 Å². The lowest BCUT2D eigenvalue weighted by atomic mass is 10.1. The van der Waals surface area contributed by atoms with Gasteiger partial charge in [0.05, 0.1) is 0 Å². The molecule has 1 heterocycles. The maximum Gasteiger partial charge on any atom is 0.231 e. The van der Waals surface area contributed by atoms with E-state index in [1.807, 2.05) is 18.2 Å². The van der Waals surface area contributed by atoms with Crippen molar-refractivity contribution in [2.45, 2.75) is 20.3 Å². The van der Waals surface area contributed by atoms with Crippen molar-refractivity contribution in [1.29, 1.82) is 0 Å². The van der Waals surface area contributed by atoms with Gasteiger partial charge in [-0.05, 0) is 11.6 Å². The summed E-state index contributed by atoms with van der Waals surface area (Å²) in [6, 6.07) is 7.41. The summed E-state index contributed by atoms with van der Waals surface area (Å²) < 4.78 is 0. The molecule has 6 nitrogen and oxygen atoms in total. The third-order valence-corrected chi connectivity index (χ3v) is 3.15. The Morgan fingerprint density at radius 1 is 1.09 bits per heavy atom. The molecule has 0 saturated heterocycles. The molecule has 1 aromatic heterocycles. The van der Waals surface area contributed by atoms with Crippen LogP contribution < -0.4 is 10.6 Å². The summed E-state index contributed by atoms with van der Waals surface area (Å²) in [7, 11) is 0. The first-order chi connectivity index (χ1) is 10.5. The van der Waals surface area contributed by atoms with Crippen LogP contribution in [-0.2, 0) is 16.0 Å². The molecule has 0 unspecified atom stereocenters. The van der Waals surface area contributed by atoms with Crippen LogP contribution in [0, 0.1) is 0 Å². The van der Waals surface area contributed by atoms with Gasteiger partial charge < -0.3 is 5.32 Å². The van der Waals surface area contributed by atoms with E-state index >= 15 is 0 Å². The number of benzene rings is 1. The minimum Gasteiger partial charge on any atom is -0.311 e. The molecule has 2 N–H and O–H groups in total. The van der Waals surface area contributed by atoms with Crippen LogP contribution in [0.1, 0.15) is 25.0 Å². The normalized spacial score (nSPS) is 10.1. The zero-order chi connectivity index (χ0) is 16.1. The van der Waals surface area contributed by atoms with Gasteiger partial charge in [0.1, 0.15) is 5.82 Å². The second-order valence-corrected chi connectivity index (χ2v) is 5.11. The fraction of sp³-hybridized carbons (Fsp3) is 0.200. The van der Waals surface area contributed by atoms with E-state index in [4.69, 9.17) is 11.6 Å². The zero-order valence-electron chi connectivity index (χ0n) is 12.2. The van der Waals surface area contributed by atoms with E-state index in [1.54, 1.807) is 12.3 Å². The van der Waals surface area contributed by atoms with Gasteiger partial charge in [0.25, 0.3) is 0 Å². The van der Waals surface area contributed by atoms with Gasteiger partial charge in [0.2, 0.25) is 17.8 Å². The van der Waals surface area contributed by atoms with E-state index < -0.39 is 0 Å². The smallest absolute Gasteiger partial charge is 0.231 e. The Bertz CT molecular complexity index is 718. The fourth-order valence-electron chi connectivity index (χ4n) is 1.88. The fourth-order valence-corrected chi connectivity index (χ4v) is 2.08.